The third-order valence-electron chi connectivity index (χ3n) is 4.69. The Morgan fingerprint density at radius 3 is 2.85 bits per heavy atom. The van der Waals surface area contributed by atoms with E-state index in [4.69, 9.17) is 0 Å². The van der Waals surface area contributed by atoms with E-state index in [0.717, 1.165) is 12.5 Å². The number of nitrogens with one attached hydrogen (secondary N) is 1. The molecule has 0 spiro atoms. The lowest BCUT2D eigenvalue weighted by Gasteiger charge is -2.28. The molecule has 1 aromatic carbocycles. The van der Waals surface area contributed by atoms with Crippen LogP contribution in [-0.2, 0) is 6.54 Å². The quantitative estimate of drug-likeness (QED) is 0.894. The van der Waals surface area contributed by atoms with E-state index in [0.29, 0.717) is 6.04 Å². The van der Waals surface area contributed by atoms with Crippen molar-refractivity contribution in [2.24, 2.45) is 5.92 Å². The Balaban J connectivity index is 1.61. The number of nitrogens with zero attached hydrogens (tertiary/aromatic N) is 1. The SMILES string of the molecule is CC(NCc1ccc2cnccc2c1)C1CCCCC1. The van der Waals surface area contributed by atoms with Crippen LogP contribution in [0, 0.1) is 5.92 Å². The fourth-order valence-corrected chi connectivity index (χ4v) is 3.32. The molecule has 1 aliphatic carbocycles. The maximum absolute atomic E-state index is 4.16. The highest BCUT2D eigenvalue weighted by Crippen LogP contribution is 2.26. The maximum atomic E-state index is 4.16. The number of pyridine rings is 1. The molecule has 0 amide bonds. The van der Waals surface area contributed by atoms with Crippen LogP contribution in [0.5, 0.6) is 0 Å². The van der Waals surface area contributed by atoms with Crippen molar-refractivity contribution in [2.75, 3.05) is 0 Å². The van der Waals surface area contributed by atoms with Crippen molar-refractivity contribution in [3.8, 4) is 0 Å². The van der Waals surface area contributed by atoms with Gasteiger partial charge in [-0.2, -0.15) is 0 Å². The Labute approximate surface area is 121 Å². The smallest absolute Gasteiger partial charge is 0.0346 e. The van der Waals surface area contributed by atoms with Gasteiger partial charge in [0.05, 0.1) is 0 Å². The van der Waals surface area contributed by atoms with E-state index in [1.807, 2.05) is 12.4 Å². The predicted octanol–water partition coefficient (Wildman–Crippen LogP) is 4.29. The van der Waals surface area contributed by atoms with Crippen LogP contribution in [0.15, 0.2) is 36.7 Å². The molecule has 1 unspecified atom stereocenters. The Bertz CT molecular complexity index is 558. The number of hydrogen-bond acceptors (Lipinski definition) is 2. The summed E-state index contributed by atoms with van der Waals surface area (Å²) in [5.41, 5.74) is 1.37. The number of aromatic nitrogens is 1. The molecule has 0 bridgehead atoms. The minimum atomic E-state index is 0.628. The maximum Gasteiger partial charge on any atom is 0.0346 e. The van der Waals surface area contributed by atoms with Gasteiger partial charge in [-0.3, -0.25) is 4.98 Å². The highest BCUT2D eigenvalue weighted by Gasteiger charge is 2.19. The Morgan fingerprint density at radius 1 is 1.15 bits per heavy atom. The zero-order valence-corrected chi connectivity index (χ0v) is 12.3. The van der Waals surface area contributed by atoms with Crippen LogP contribution >= 0.6 is 0 Å². The predicted molar refractivity (Wildman–Crippen MR) is 84.6 cm³/mol. The summed E-state index contributed by atoms with van der Waals surface area (Å²) in [5.74, 6) is 0.869. The third-order valence-corrected chi connectivity index (χ3v) is 4.69. The number of fused-ring (bicyclic) bond motifs is 1. The van der Waals surface area contributed by atoms with E-state index in [1.54, 1.807) is 0 Å². The zero-order chi connectivity index (χ0) is 13.8. The summed E-state index contributed by atoms with van der Waals surface area (Å²) in [4.78, 5) is 4.16. The fraction of sp³-hybridized carbons (Fsp3) is 0.500. The number of benzene rings is 1. The molecule has 1 saturated carbocycles. The molecular formula is C18H24N2. The average molecular weight is 268 g/mol. The van der Waals surface area contributed by atoms with Crippen molar-refractivity contribution < 1.29 is 0 Å². The molecular weight excluding hydrogens is 244 g/mol. The van der Waals surface area contributed by atoms with Gasteiger partial charge >= 0.3 is 0 Å². The van der Waals surface area contributed by atoms with Crippen molar-refractivity contribution in [3.63, 3.8) is 0 Å². The lowest BCUT2D eigenvalue weighted by Crippen LogP contribution is -2.34. The van der Waals surface area contributed by atoms with Crippen molar-refractivity contribution in [1.29, 1.82) is 0 Å². The van der Waals surface area contributed by atoms with Gasteiger partial charge in [-0.05, 0) is 48.8 Å². The third kappa shape index (κ3) is 3.18. The second kappa shape index (κ2) is 6.36. The minimum absolute atomic E-state index is 0.628. The topological polar surface area (TPSA) is 24.9 Å². The summed E-state index contributed by atoms with van der Waals surface area (Å²) in [6, 6.07) is 9.37. The number of rotatable bonds is 4. The molecule has 1 heterocycles. The molecule has 2 aromatic rings. The van der Waals surface area contributed by atoms with E-state index in [1.165, 1.54) is 48.4 Å². The van der Waals surface area contributed by atoms with E-state index in [9.17, 15) is 0 Å². The molecule has 1 aromatic heterocycles. The first-order chi connectivity index (χ1) is 9.83. The van der Waals surface area contributed by atoms with E-state index in [-0.39, 0.29) is 0 Å². The van der Waals surface area contributed by atoms with Crippen LogP contribution in [0.1, 0.15) is 44.6 Å². The molecule has 0 aliphatic heterocycles. The van der Waals surface area contributed by atoms with Gasteiger partial charge in [0.2, 0.25) is 0 Å². The fourth-order valence-electron chi connectivity index (χ4n) is 3.32. The van der Waals surface area contributed by atoms with Gasteiger partial charge in [-0.1, -0.05) is 31.4 Å². The van der Waals surface area contributed by atoms with E-state index >= 15 is 0 Å². The first-order valence-corrected chi connectivity index (χ1v) is 7.89. The lowest BCUT2D eigenvalue weighted by molar-refractivity contribution is 0.280. The molecule has 3 rings (SSSR count). The van der Waals surface area contributed by atoms with E-state index in [2.05, 4.69) is 41.5 Å². The highest BCUT2D eigenvalue weighted by molar-refractivity contribution is 5.81. The molecule has 1 fully saturated rings. The summed E-state index contributed by atoms with van der Waals surface area (Å²) in [6.07, 6.45) is 10.9. The average Bonchev–Trinajstić information content (AvgIpc) is 2.53. The largest absolute Gasteiger partial charge is 0.310 e. The molecule has 1 atom stereocenters. The summed E-state index contributed by atoms with van der Waals surface area (Å²) < 4.78 is 0. The minimum Gasteiger partial charge on any atom is -0.310 e. The molecule has 1 aliphatic rings. The standard InChI is InChI=1S/C18H24N2/c1-14(16-5-3-2-4-6-16)20-12-15-7-8-18-13-19-10-9-17(18)11-15/h7-11,13-14,16,20H,2-6,12H2,1H3. The van der Waals surface area contributed by atoms with Gasteiger partial charge in [0.15, 0.2) is 0 Å². The van der Waals surface area contributed by atoms with Gasteiger partial charge in [-0.25, -0.2) is 0 Å². The summed E-state index contributed by atoms with van der Waals surface area (Å²) >= 11 is 0. The van der Waals surface area contributed by atoms with Crippen LogP contribution in [0.2, 0.25) is 0 Å². The van der Waals surface area contributed by atoms with Crippen molar-refractivity contribution in [3.05, 3.63) is 42.2 Å². The van der Waals surface area contributed by atoms with Crippen LogP contribution in [0.25, 0.3) is 10.8 Å². The van der Waals surface area contributed by atoms with Gasteiger partial charge < -0.3 is 5.32 Å². The van der Waals surface area contributed by atoms with Crippen molar-refractivity contribution in [2.45, 2.75) is 51.6 Å². The molecule has 20 heavy (non-hydrogen) atoms. The molecule has 0 saturated heterocycles. The number of hydrogen-bond donors (Lipinski definition) is 1. The first kappa shape index (κ1) is 13.6. The molecule has 2 nitrogen and oxygen atoms in total. The monoisotopic (exact) mass is 268 g/mol. The van der Waals surface area contributed by atoms with Gasteiger partial charge in [-0.15, -0.1) is 0 Å². The zero-order valence-electron chi connectivity index (χ0n) is 12.3. The molecule has 2 heteroatoms. The van der Waals surface area contributed by atoms with Gasteiger partial charge in [0, 0.05) is 30.4 Å². The van der Waals surface area contributed by atoms with Gasteiger partial charge in [0.1, 0.15) is 0 Å². The Kier molecular flexibility index (Phi) is 4.31. The van der Waals surface area contributed by atoms with Crippen molar-refractivity contribution >= 4 is 10.8 Å². The summed E-state index contributed by atoms with van der Waals surface area (Å²) in [7, 11) is 0. The van der Waals surface area contributed by atoms with Crippen LogP contribution in [0.4, 0.5) is 0 Å². The van der Waals surface area contributed by atoms with Crippen LogP contribution < -0.4 is 5.32 Å². The lowest BCUT2D eigenvalue weighted by atomic mass is 9.84. The molecule has 106 valence electrons. The second-order valence-corrected chi connectivity index (χ2v) is 6.12. The molecule has 0 radical (unpaired) electrons. The highest BCUT2D eigenvalue weighted by atomic mass is 14.9. The van der Waals surface area contributed by atoms with Gasteiger partial charge in [0.25, 0.3) is 0 Å². The van der Waals surface area contributed by atoms with Crippen molar-refractivity contribution in [1.82, 2.24) is 10.3 Å². The van der Waals surface area contributed by atoms with Crippen LogP contribution in [-0.4, -0.2) is 11.0 Å². The first-order valence-electron chi connectivity index (χ1n) is 7.89. The normalized spacial score (nSPS) is 18.2. The second-order valence-electron chi connectivity index (χ2n) is 6.12. The Morgan fingerprint density at radius 2 is 2.00 bits per heavy atom. The van der Waals surface area contributed by atoms with E-state index < -0.39 is 0 Å². The summed E-state index contributed by atoms with van der Waals surface area (Å²) in [5, 5.41) is 6.22. The van der Waals surface area contributed by atoms with Crippen LogP contribution in [0.3, 0.4) is 0 Å². The summed E-state index contributed by atoms with van der Waals surface area (Å²) in [6.45, 7) is 3.32. The Hall–Kier alpha value is -1.41. The molecule has 1 N–H and O–H groups in total.